The third-order valence-corrected chi connectivity index (χ3v) is 4.02. The lowest BCUT2D eigenvalue weighted by Gasteiger charge is -2.08. The average molecular weight is 330 g/mol. The third-order valence-electron chi connectivity index (χ3n) is 2.43. The largest absolute Gasteiger partial charge is 0.502 e. The van der Waals surface area contributed by atoms with Crippen molar-refractivity contribution < 1.29 is 18.4 Å². The van der Waals surface area contributed by atoms with E-state index in [-0.39, 0.29) is 15.7 Å². The highest BCUT2D eigenvalue weighted by Gasteiger charge is 2.21. The van der Waals surface area contributed by atoms with Crippen LogP contribution in [-0.2, 0) is 10.0 Å². The molecule has 0 radical (unpaired) electrons. The first-order valence-electron chi connectivity index (χ1n) is 5.41. The van der Waals surface area contributed by atoms with E-state index in [0.29, 0.717) is 0 Å². The van der Waals surface area contributed by atoms with Gasteiger partial charge in [-0.3, -0.25) is 14.8 Å². The molecule has 110 valence electrons. The van der Waals surface area contributed by atoms with Crippen molar-refractivity contribution in [2.24, 2.45) is 0 Å². The molecule has 0 saturated heterocycles. The molecule has 0 spiro atoms. The highest BCUT2D eigenvalue weighted by atomic mass is 35.5. The summed E-state index contributed by atoms with van der Waals surface area (Å²) in [6.45, 7) is 0. The molecular weight excluding hydrogens is 322 g/mol. The maximum Gasteiger partial charge on any atom is 0.312 e. The van der Waals surface area contributed by atoms with Crippen LogP contribution in [0.3, 0.4) is 0 Å². The van der Waals surface area contributed by atoms with Gasteiger partial charge in [0, 0.05) is 12.3 Å². The van der Waals surface area contributed by atoms with Crippen LogP contribution in [0.25, 0.3) is 0 Å². The van der Waals surface area contributed by atoms with Gasteiger partial charge < -0.3 is 5.11 Å². The predicted molar refractivity (Wildman–Crippen MR) is 74.8 cm³/mol. The second-order valence-electron chi connectivity index (χ2n) is 3.88. The van der Waals surface area contributed by atoms with E-state index >= 15 is 0 Å². The number of nitro groups is 1. The zero-order valence-corrected chi connectivity index (χ0v) is 11.8. The van der Waals surface area contributed by atoms with Gasteiger partial charge in [0.05, 0.1) is 15.5 Å². The van der Waals surface area contributed by atoms with Crippen LogP contribution in [0.4, 0.5) is 11.4 Å². The Balaban J connectivity index is 2.40. The van der Waals surface area contributed by atoms with Crippen LogP contribution >= 0.6 is 11.6 Å². The van der Waals surface area contributed by atoms with Crippen molar-refractivity contribution in [1.29, 1.82) is 0 Å². The van der Waals surface area contributed by atoms with Crippen molar-refractivity contribution in [3.8, 4) is 5.75 Å². The molecular formula is C11H8ClN3O5S. The zero-order chi connectivity index (χ0) is 15.6. The molecule has 1 aromatic carbocycles. The smallest absolute Gasteiger partial charge is 0.312 e. The van der Waals surface area contributed by atoms with E-state index in [1.807, 2.05) is 0 Å². The van der Waals surface area contributed by atoms with Gasteiger partial charge in [-0.15, -0.1) is 0 Å². The Kier molecular flexibility index (Phi) is 3.96. The summed E-state index contributed by atoms with van der Waals surface area (Å²) in [6, 6.07) is 5.41. The van der Waals surface area contributed by atoms with Crippen molar-refractivity contribution in [2.75, 3.05) is 4.72 Å². The standard InChI is InChI=1S/C11H8ClN3O5S/c12-11-5-7(3-4-13-11)14-21(19,20)8-1-2-10(16)9(6-8)15(17)18/h1-6,16H,(H,13,14). The molecule has 0 amide bonds. The fraction of sp³-hybridized carbons (Fsp3) is 0. The van der Waals surface area contributed by atoms with Crippen molar-refractivity contribution in [2.45, 2.75) is 4.90 Å². The Labute approximate surface area is 124 Å². The molecule has 0 saturated carbocycles. The van der Waals surface area contributed by atoms with E-state index in [0.717, 1.165) is 18.2 Å². The number of aromatic hydroxyl groups is 1. The summed E-state index contributed by atoms with van der Waals surface area (Å²) < 4.78 is 26.4. The first kappa shape index (κ1) is 15.0. The minimum atomic E-state index is -4.05. The molecule has 0 unspecified atom stereocenters. The third kappa shape index (κ3) is 3.38. The predicted octanol–water partition coefficient (Wildman–Crippen LogP) is 2.15. The number of halogens is 1. The molecule has 1 aromatic heterocycles. The van der Waals surface area contributed by atoms with Gasteiger partial charge in [-0.1, -0.05) is 11.6 Å². The summed E-state index contributed by atoms with van der Waals surface area (Å²) in [5.41, 5.74) is -0.545. The van der Waals surface area contributed by atoms with Gasteiger partial charge in [-0.25, -0.2) is 13.4 Å². The lowest BCUT2D eigenvalue weighted by atomic mass is 10.3. The number of phenols is 1. The number of sulfonamides is 1. The summed E-state index contributed by atoms with van der Waals surface area (Å²) in [7, 11) is -4.05. The van der Waals surface area contributed by atoms with Gasteiger partial charge in [-0.2, -0.15) is 0 Å². The Morgan fingerprint density at radius 1 is 1.29 bits per heavy atom. The highest BCUT2D eigenvalue weighted by molar-refractivity contribution is 7.92. The van der Waals surface area contributed by atoms with Crippen LogP contribution in [0.1, 0.15) is 0 Å². The van der Waals surface area contributed by atoms with Gasteiger partial charge >= 0.3 is 5.69 Å². The molecule has 0 aliphatic rings. The lowest BCUT2D eigenvalue weighted by molar-refractivity contribution is -0.386. The topological polar surface area (TPSA) is 122 Å². The minimum absolute atomic E-state index is 0.0897. The second kappa shape index (κ2) is 5.54. The highest BCUT2D eigenvalue weighted by Crippen LogP contribution is 2.29. The number of aromatic nitrogens is 1. The number of pyridine rings is 1. The van der Waals surface area contributed by atoms with Gasteiger partial charge in [0.1, 0.15) is 5.15 Å². The van der Waals surface area contributed by atoms with Gasteiger partial charge in [-0.05, 0) is 24.3 Å². The zero-order valence-electron chi connectivity index (χ0n) is 10.2. The minimum Gasteiger partial charge on any atom is -0.502 e. The Morgan fingerprint density at radius 3 is 2.62 bits per heavy atom. The second-order valence-corrected chi connectivity index (χ2v) is 5.95. The number of anilines is 1. The van der Waals surface area contributed by atoms with Gasteiger partial charge in [0.25, 0.3) is 10.0 Å². The van der Waals surface area contributed by atoms with Crippen LogP contribution in [-0.4, -0.2) is 23.4 Å². The van der Waals surface area contributed by atoms with E-state index < -0.39 is 26.4 Å². The number of benzene rings is 1. The van der Waals surface area contributed by atoms with Crippen molar-refractivity contribution in [3.05, 3.63) is 51.8 Å². The number of phenolic OH excluding ortho intramolecular Hbond substituents is 1. The van der Waals surface area contributed by atoms with E-state index in [2.05, 4.69) is 9.71 Å². The maximum atomic E-state index is 12.1. The lowest BCUT2D eigenvalue weighted by Crippen LogP contribution is -2.13. The summed E-state index contributed by atoms with van der Waals surface area (Å²) in [5, 5.41) is 20.1. The molecule has 1 heterocycles. The van der Waals surface area contributed by atoms with Crippen LogP contribution in [0.15, 0.2) is 41.4 Å². The average Bonchev–Trinajstić information content (AvgIpc) is 2.38. The normalized spacial score (nSPS) is 11.1. The first-order chi connectivity index (χ1) is 9.79. The molecule has 0 fully saturated rings. The Morgan fingerprint density at radius 2 is 2.00 bits per heavy atom. The molecule has 8 nitrogen and oxygen atoms in total. The fourth-order valence-corrected chi connectivity index (χ4v) is 2.74. The van der Waals surface area contributed by atoms with Crippen LogP contribution in [0.5, 0.6) is 5.75 Å². The number of nitrogens with one attached hydrogen (secondary N) is 1. The Hall–Kier alpha value is -2.39. The molecule has 0 bridgehead atoms. The van der Waals surface area contributed by atoms with Crippen molar-refractivity contribution >= 4 is 33.0 Å². The summed E-state index contributed by atoms with van der Waals surface area (Å²) in [4.78, 5) is 13.2. The maximum absolute atomic E-state index is 12.1. The molecule has 0 aliphatic carbocycles. The SMILES string of the molecule is O=[N+]([O-])c1cc(S(=O)(=O)Nc2ccnc(Cl)c2)ccc1O. The number of nitro benzene ring substituents is 1. The van der Waals surface area contributed by atoms with Crippen LogP contribution in [0, 0.1) is 10.1 Å². The van der Waals surface area contributed by atoms with Gasteiger partial charge in [0.15, 0.2) is 5.75 Å². The number of hydrogen-bond donors (Lipinski definition) is 2. The molecule has 0 atom stereocenters. The molecule has 0 aliphatic heterocycles. The van der Waals surface area contributed by atoms with Crippen molar-refractivity contribution in [3.63, 3.8) is 0 Å². The summed E-state index contributed by atoms with van der Waals surface area (Å²) in [6.07, 6.45) is 1.31. The van der Waals surface area contributed by atoms with Crippen LogP contribution in [0.2, 0.25) is 5.15 Å². The Bertz CT molecular complexity index is 809. The molecule has 2 N–H and O–H groups in total. The monoisotopic (exact) mass is 329 g/mol. The number of nitrogens with zero attached hydrogens (tertiary/aromatic N) is 2. The molecule has 2 aromatic rings. The van der Waals surface area contributed by atoms with Crippen molar-refractivity contribution in [1.82, 2.24) is 4.98 Å². The van der Waals surface area contributed by atoms with Crippen LogP contribution < -0.4 is 4.72 Å². The molecule has 21 heavy (non-hydrogen) atoms. The first-order valence-corrected chi connectivity index (χ1v) is 7.27. The summed E-state index contributed by atoms with van der Waals surface area (Å²) >= 11 is 5.64. The van der Waals surface area contributed by atoms with Gasteiger partial charge in [0.2, 0.25) is 0 Å². The van der Waals surface area contributed by atoms with E-state index in [9.17, 15) is 23.6 Å². The molecule has 2 rings (SSSR count). The number of hydrogen-bond acceptors (Lipinski definition) is 6. The van der Waals surface area contributed by atoms with E-state index in [4.69, 9.17) is 11.6 Å². The number of rotatable bonds is 4. The summed E-state index contributed by atoms with van der Waals surface area (Å²) in [5.74, 6) is -0.620. The van der Waals surface area contributed by atoms with E-state index in [1.54, 1.807) is 0 Å². The fourth-order valence-electron chi connectivity index (χ4n) is 1.50. The molecule has 10 heteroatoms. The quantitative estimate of drug-likeness (QED) is 0.503. The van der Waals surface area contributed by atoms with E-state index in [1.165, 1.54) is 18.3 Å².